The van der Waals surface area contributed by atoms with E-state index in [4.69, 9.17) is 14.1 Å². The molecule has 2 aliphatic carbocycles. The summed E-state index contributed by atoms with van der Waals surface area (Å²) in [6, 6.07) is 5.00. The second-order valence-corrected chi connectivity index (χ2v) is 8.61. The second-order valence-electron chi connectivity index (χ2n) is 8.61. The molecule has 5 nitrogen and oxygen atoms in total. The fraction of sp³-hybridized carbons (Fsp3) is 0.773. The highest BCUT2D eigenvalue weighted by molar-refractivity contribution is 5.80. The van der Waals surface area contributed by atoms with Gasteiger partial charge in [0.25, 0.3) is 0 Å². The van der Waals surface area contributed by atoms with Crippen molar-refractivity contribution >= 4 is 5.96 Å². The van der Waals surface area contributed by atoms with E-state index in [0.29, 0.717) is 12.1 Å². The summed E-state index contributed by atoms with van der Waals surface area (Å²) in [7, 11) is 0. The molecular weight excluding hydrogens is 338 g/mol. The summed E-state index contributed by atoms with van der Waals surface area (Å²) in [5, 5.41) is 7.49. The third kappa shape index (κ3) is 5.28. The molecule has 27 heavy (non-hydrogen) atoms. The lowest BCUT2D eigenvalue weighted by Gasteiger charge is -2.39. The smallest absolute Gasteiger partial charge is 0.191 e. The van der Waals surface area contributed by atoms with E-state index >= 15 is 0 Å². The Kier molecular flexibility index (Phi) is 6.38. The Bertz CT molecular complexity index is 587. The van der Waals surface area contributed by atoms with Crippen LogP contribution in [0.4, 0.5) is 0 Å². The number of nitrogens with one attached hydrogen (secondary N) is 2. The molecule has 3 fully saturated rings. The Hall–Kier alpha value is -1.49. The van der Waals surface area contributed by atoms with Crippen molar-refractivity contribution in [3.63, 3.8) is 0 Å². The van der Waals surface area contributed by atoms with Gasteiger partial charge in [-0.2, -0.15) is 0 Å². The molecule has 1 saturated heterocycles. The maximum atomic E-state index is 6.21. The zero-order chi connectivity index (χ0) is 18.4. The Morgan fingerprint density at radius 1 is 1.04 bits per heavy atom. The van der Waals surface area contributed by atoms with Crippen molar-refractivity contribution in [1.29, 1.82) is 0 Å². The summed E-state index contributed by atoms with van der Waals surface area (Å²) in [5.41, 5.74) is 0.139. The van der Waals surface area contributed by atoms with E-state index in [-0.39, 0.29) is 5.60 Å². The molecule has 2 heterocycles. The lowest BCUT2D eigenvalue weighted by molar-refractivity contribution is -0.0815. The van der Waals surface area contributed by atoms with Crippen LogP contribution < -0.4 is 10.6 Å². The first kappa shape index (κ1) is 18.9. The van der Waals surface area contributed by atoms with Gasteiger partial charge in [-0.25, -0.2) is 0 Å². The standard InChI is InChI=1S/C22H35N3O2/c1-2-7-18(8-3-1)24-21(23-14-10-20-9-6-15-26-20)25-19-11-16-27-22(17-19)12-4-5-13-22/h6,9,15,18-19H,1-5,7-8,10-14,16-17H2,(H2,23,24,25). The maximum absolute atomic E-state index is 6.21. The van der Waals surface area contributed by atoms with Gasteiger partial charge < -0.3 is 19.8 Å². The number of guanidine groups is 1. The van der Waals surface area contributed by atoms with Gasteiger partial charge in [-0.05, 0) is 50.7 Å². The lowest BCUT2D eigenvalue weighted by atomic mass is 9.89. The van der Waals surface area contributed by atoms with E-state index in [9.17, 15) is 0 Å². The molecular formula is C22H35N3O2. The van der Waals surface area contributed by atoms with Crippen LogP contribution in [-0.4, -0.2) is 36.8 Å². The molecule has 2 N–H and O–H groups in total. The zero-order valence-corrected chi connectivity index (χ0v) is 16.5. The van der Waals surface area contributed by atoms with Gasteiger partial charge in [0.15, 0.2) is 5.96 Å². The van der Waals surface area contributed by atoms with E-state index in [1.54, 1.807) is 6.26 Å². The topological polar surface area (TPSA) is 58.8 Å². The van der Waals surface area contributed by atoms with Crippen molar-refractivity contribution in [3.8, 4) is 0 Å². The maximum Gasteiger partial charge on any atom is 0.191 e. The molecule has 1 unspecified atom stereocenters. The molecule has 1 aromatic rings. The second kappa shape index (κ2) is 9.13. The fourth-order valence-electron chi connectivity index (χ4n) is 5.02. The number of aliphatic imine (C=N–C) groups is 1. The van der Waals surface area contributed by atoms with Crippen LogP contribution in [0.15, 0.2) is 27.8 Å². The zero-order valence-electron chi connectivity index (χ0n) is 16.5. The average molecular weight is 374 g/mol. The molecule has 150 valence electrons. The minimum absolute atomic E-state index is 0.139. The van der Waals surface area contributed by atoms with Crippen molar-refractivity contribution in [2.24, 2.45) is 4.99 Å². The summed E-state index contributed by atoms with van der Waals surface area (Å²) < 4.78 is 11.7. The quantitative estimate of drug-likeness (QED) is 0.600. The van der Waals surface area contributed by atoms with Crippen LogP contribution in [0, 0.1) is 0 Å². The third-order valence-corrected chi connectivity index (χ3v) is 6.50. The van der Waals surface area contributed by atoms with Crippen LogP contribution in [0.2, 0.25) is 0 Å². The van der Waals surface area contributed by atoms with E-state index in [1.165, 1.54) is 57.8 Å². The van der Waals surface area contributed by atoms with Crippen molar-refractivity contribution in [2.45, 2.75) is 94.7 Å². The highest BCUT2D eigenvalue weighted by Crippen LogP contribution is 2.39. The van der Waals surface area contributed by atoms with Crippen LogP contribution in [0.25, 0.3) is 0 Å². The van der Waals surface area contributed by atoms with Crippen molar-refractivity contribution < 1.29 is 9.15 Å². The average Bonchev–Trinajstić information content (AvgIpc) is 3.35. The Morgan fingerprint density at radius 3 is 2.63 bits per heavy atom. The van der Waals surface area contributed by atoms with Crippen molar-refractivity contribution in [3.05, 3.63) is 24.2 Å². The molecule has 0 aromatic carbocycles. The van der Waals surface area contributed by atoms with Gasteiger partial charge in [0.1, 0.15) is 5.76 Å². The summed E-state index contributed by atoms with van der Waals surface area (Å²) >= 11 is 0. The molecule has 0 radical (unpaired) electrons. The molecule has 3 aliphatic rings. The van der Waals surface area contributed by atoms with Crippen LogP contribution in [0.3, 0.4) is 0 Å². The highest BCUT2D eigenvalue weighted by atomic mass is 16.5. The van der Waals surface area contributed by atoms with Crippen molar-refractivity contribution in [2.75, 3.05) is 13.2 Å². The Balaban J connectivity index is 1.36. The summed E-state index contributed by atoms with van der Waals surface area (Å²) in [6.07, 6.45) is 16.4. The Morgan fingerprint density at radius 2 is 1.85 bits per heavy atom. The van der Waals surface area contributed by atoms with E-state index in [1.807, 2.05) is 12.1 Å². The predicted octanol–water partition coefficient (Wildman–Crippen LogP) is 4.18. The fourth-order valence-corrected chi connectivity index (χ4v) is 5.02. The lowest BCUT2D eigenvalue weighted by Crippen LogP contribution is -2.52. The highest BCUT2D eigenvalue weighted by Gasteiger charge is 2.40. The van der Waals surface area contributed by atoms with Gasteiger partial charge in [-0.3, -0.25) is 4.99 Å². The monoisotopic (exact) mass is 373 g/mol. The largest absolute Gasteiger partial charge is 0.469 e. The van der Waals surface area contributed by atoms with Gasteiger partial charge >= 0.3 is 0 Å². The first-order valence-corrected chi connectivity index (χ1v) is 11.1. The van der Waals surface area contributed by atoms with Gasteiger partial charge in [0.2, 0.25) is 0 Å². The van der Waals surface area contributed by atoms with Crippen LogP contribution in [0.1, 0.15) is 76.4 Å². The first-order valence-electron chi connectivity index (χ1n) is 11.1. The molecule has 1 aromatic heterocycles. The molecule has 0 amide bonds. The number of rotatable bonds is 5. The number of nitrogens with zero attached hydrogens (tertiary/aromatic N) is 1. The summed E-state index contributed by atoms with van der Waals surface area (Å²) in [4.78, 5) is 4.90. The minimum atomic E-state index is 0.139. The van der Waals surface area contributed by atoms with Crippen LogP contribution >= 0.6 is 0 Å². The number of ether oxygens (including phenoxy) is 1. The molecule has 4 rings (SSSR count). The van der Waals surface area contributed by atoms with Crippen LogP contribution in [0.5, 0.6) is 0 Å². The molecule has 1 spiro atoms. The molecule has 1 atom stereocenters. The molecule has 1 aliphatic heterocycles. The number of hydrogen-bond donors (Lipinski definition) is 2. The van der Waals surface area contributed by atoms with Crippen LogP contribution in [-0.2, 0) is 11.2 Å². The van der Waals surface area contributed by atoms with E-state index < -0.39 is 0 Å². The normalized spacial score (nSPS) is 26.4. The third-order valence-electron chi connectivity index (χ3n) is 6.50. The minimum Gasteiger partial charge on any atom is -0.469 e. The van der Waals surface area contributed by atoms with Gasteiger partial charge in [0.05, 0.1) is 11.9 Å². The van der Waals surface area contributed by atoms with Gasteiger partial charge in [-0.1, -0.05) is 32.1 Å². The summed E-state index contributed by atoms with van der Waals surface area (Å²) in [5.74, 6) is 2.00. The first-order chi connectivity index (χ1) is 13.3. The number of hydrogen-bond acceptors (Lipinski definition) is 3. The van der Waals surface area contributed by atoms with E-state index in [2.05, 4.69) is 10.6 Å². The van der Waals surface area contributed by atoms with Crippen molar-refractivity contribution in [1.82, 2.24) is 10.6 Å². The number of furan rings is 1. The van der Waals surface area contributed by atoms with Gasteiger partial charge in [0, 0.05) is 31.7 Å². The molecule has 2 saturated carbocycles. The summed E-state index contributed by atoms with van der Waals surface area (Å²) in [6.45, 7) is 1.63. The van der Waals surface area contributed by atoms with E-state index in [0.717, 1.165) is 44.1 Å². The van der Waals surface area contributed by atoms with Gasteiger partial charge in [-0.15, -0.1) is 0 Å². The predicted molar refractivity (Wildman–Crippen MR) is 108 cm³/mol. The Labute approximate surface area is 163 Å². The molecule has 5 heteroatoms. The molecule has 0 bridgehead atoms. The SMILES string of the molecule is c1coc(CCN=C(NC2CCCCC2)NC2CCOC3(CCCC3)C2)c1.